The number of pyridine rings is 2. The average Bonchev–Trinajstić information content (AvgIpc) is 2.56. The second-order valence-corrected chi connectivity index (χ2v) is 5.01. The molecule has 106 valence electrons. The number of fused-ring (bicyclic) bond motifs is 3. The third-order valence-electron chi connectivity index (χ3n) is 3.74. The first-order valence-corrected chi connectivity index (χ1v) is 6.91. The summed E-state index contributed by atoms with van der Waals surface area (Å²) in [7, 11) is 0. The van der Waals surface area contributed by atoms with Crippen molar-refractivity contribution in [2.24, 2.45) is 0 Å². The van der Waals surface area contributed by atoms with E-state index in [2.05, 4.69) is 4.98 Å². The highest BCUT2D eigenvalue weighted by molar-refractivity contribution is 6.06. The van der Waals surface area contributed by atoms with E-state index < -0.39 is 11.4 Å². The molecule has 2 aromatic heterocycles. The summed E-state index contributed by atoms with van der Waals surface area (Å²) in [4.78, 5) is 17.1. The summed E-state index contributed by atoms with van der Waals surface area (Å²) in [5, 5.41) is 1.53. The van der Waals surface area contributed by atoms with Gasteiger partial charge < -0.3 is 0 Å². The maximum atomic E-state index is 14.2. The van der Waals surface area contributed by atoms with E-state index in [-0.39, 0.29) is 5.39 Å². The molecule has 0 spiro atoms. The average molecular weight is 290 g/mol. The molecule has 2 heterocycles. The molecule has 4 heteroatoms. The number of aromatic nitrogens is 2. The molecule has 2 aromatic carbocycles. The fraction of sp³-hybridized carbons (Fsp3) is 0. The monoisotopic (exact) mass is 290 g/mol. The van der Waals surface area contributed by atoms with Crippen LogP contribution in [0.15, 0.2) is 71.7 Å². The lowest BCUT2D eigenvalue weighted by Crippen LogP contribution is -2.21. The minimum atomic E-state index is -0.516. The Bertz CT molecular complexity index is 1060. The first-order valence-electron chi connectivity index (χ1n) is 6.91. The lowest BCUT2D eigenvalue weighted by atomic mass is 10.1. The summed E-state index contributed by atoms with van der Waals surface area (Å²) in [5.74, 6) is -0.0354. The fourth-order valence-electron chi connectivity index (χ4n) is 2.80. The molecule has 0 unspecified atom stereocenters. The third kappa shape index (κ3) is 1.74. The molecular formula is C18H11FN2O. The number of hydrogen-bond acceptors (Lipinski definition) is 2. The minimum Gasteiger partial charge on any atom is -0.268 e. The summed E-state index contributed by atoms with van der Waals surface area (Å²) in [6.07, 6.45) is 1.61. The van der Waals surface area contributed by atoms with Crippen LogP contribution in [0.1, 0.15) is 0 Å². The quantitative estimate of drug-likeness (QED) is 0.501. The minimum absolute atomic E-state index is 0.0897. The summed E-state index contributed by atoms with van der Waals surface area (Å²) >= 11 is 0. The van der Waals surface area contributed by atoms with Gasteiger partial charge in [0.25, 0.3) is 5.56 Å². The van der Waals surface area contributed by atoms with Gasteiger partial charge in [-0.1, -0.05) is 36.4 Å². The topological polar surface area (TPSA) is 34.9 Å². The molecule has 0 radical (unpaired) electrons. The van der Waals surface area contributed by atoms with Crippen LogP contribution in [0.25, 0.3) is 27.5 Å². The molecule has 0 atom stereocenters. The van der Waals surface area contributed by atoms with E-state index in [1.54, 1.807) is 36.5 Å². The number of rotatable bonds is 1. The van der Waals surface area contributed by atoms with Crippen LogP contribution in [0.5, 0.6) is 0 Å². The van der Waals surface area contributed by atoms with Crippen LogP contribution in [0, 0.1) is 5.82 Å². The lowest BCUT2D eigenvalue weighted by Gasteiger charge is -2.12. The van der Waals surface area contributed by atoms with E-state index in [4.69, 9.17) is 0 Å². The third-order valence-corrected chi connectivity index (χ3v) is 3.74. The molecular weight excluding hydrogens is 279 g/mol. The Balaban J connectivity index is 2.31. The normalized spacial score (nSPS) is 11.1. The zero-order chi connectivity index (χ0) is 15.1. The van der Waals surface area contributed by atoms with Crippen molar-refractivity contribution < 1.29 is 4.39 Å². The van der Waals surface area contributed by atoms with Gasteiger partial charge in [-0.05, 0) is 29.7 Å². The van der Waals surface area contributed by atoms with Gasteiger partial charge in [-0.15, -0.1) is 0 Å². The van der Waals surface area contributed by atoms with Crippen molar-refractivity contribution in [2.75, 3.05) is 0 Å². The predicted octanol–water partition coefficient (Wildman–Crippen LogP) is 3.68. The highest BCUT2D eigenvalue weighted by Crippen LogP contribution is 2.25. The molecule has 0 N–H and O–H groups in total. The van der Waals surface area contributed by atoms with Crippen molar-refractivity contribution in [3.63, 3.8) is 0 Å². The molecule has 0 bridgehead atoms. The van der Waals surface area contributed by atoms with Crippen molar-refractivity contribution in [3.05, 3.63) is 83.0 Å². The van der Waals surface area contributed by atoms with Gasteiger partial charge >= 0.3 is 0 Å². The Labute approximate surface area is 125 Å². The van der Waals surface area contributed by atoms with Crippen molar-refractivity contribution in [1.82, 2.24) is 9.55 Å². The molecule has 0 amide bonds. The Morgan fingerprint density at radius 2 is 1.64 bits per heavy atom. The van der Waals surface area contributed by atoms with Crippen molar-refractivity contribution in [3.8, 4) is 5.82 Å². The van der Waals surface area contributed by atoms with Crippen LogP contribution in [0.4, 0.5) is 4.39 Å². The maximum Gasteiger partial charge on any atom is 0.267 e. The molecule has 4 aromatic rings. The van der Waals surface area contributed by atoms with Crippen LogP contribution in [0.3, 0.4) is 0 Å². The van der Waals surface area contributed by atoms with Crippen molar-refractivity contribution in [1.29, 1.82) is 0 Å². The van der Waals surface area contributed by atoms with E-state index in [0.29, 0.717) is 16.7 Å². The number of halogens is 1. The highest BCUT2D eigenvalue weighted by atomic mass is 19.1. The van der Waals surface area contributed by atoms with Gasteiger partial charge in [-0.2, -0.15) is 0 Å². The molecule has 0 fully saturated rings. The molecule has 22 heavy (non-hydrogen) atoms. The SMILES string of the molecule is O=c1c2c(F)cccc2c2ccccc2n1-c1ccccn1. The summed E-state index contributed by atoms with van der Waals surface area (Å²) < 4.78 is 15.7. The fourth-order valence-corrected chi connectivity index (χ4v) is 2.80. The van der Waals surface area contributed by atoms with Gasteiger partial charge in [-0.3, -0.25) is 9.36 Å². The van der Waals surface area contributed by atoms with E-state index in [1.165, 1.54) is 10.6 Å². The smallest absolute Gasteiger partial charge is 0.267 e. The van der Waals surface area contributed by atoms with E-state index in [1.807, 2.05) is 24.3 Å². The van der Waals surface area contributed by atoms with Crippen LogP contribution in [-0.4, -0.2) is 9.55 Å². The van der Waals surface area contributed by atoms with Gasteiger partial charge in [0.2, 0.25) is 0 Å². The van der Waals surface area contributed by atoms with E-state index in [0.717, 1.165) is 5.39 Å². The Morgan fingerprint density at radius 3 is 2.45 bits per heavy atom. The number of benzene rings is 2. The molecule has 0 saturated carbocycles. The number of nitrogens with zero attached hydrogens (tertiary/aromatic N) is 2. The molecule has 0 aliphatic heterocycles. The predicted molar refractivity (Wildman–Crippen MR) is 84.8 cm³/mol. The van der Waals surface area contributed by atoms with E-state index >= 15 is 0 Å². The summed E-state index contributed by atoms with van der Waals surface area (Å²) in [5.41, 5.74) is 0.315. The summed E-state index contributed by atoms with van der Waals surface area (Å²) in [6.45, 7) is 0. The number of hydrogen-bond donors (Lipinski definition) is 0. The first-order chi connectivity index (χ1) is 10.8. The highest BCUT2D eigenvalue weighted by Gasteiger charge is 2.14. The Morgan fingerprint density at radius 1 is 0.864 bits per heavy atom. The standard InChI is InChI=1S/C18H11FN2O/c19-14-8-5-7-13-12-6-1-2-9-15(12)21(18(22)17(13)14)16-10-3-4-11-20-16/h1-11H. The Hall–Kier alpha value is -3.01. The summed E-state index contributed by atoms with van der Waals surface area (Å²) in [6, 6.07) is 17.5. The molecule has 4 rings (SSSR count). The zero-order valence-corrected chi connectivity index (χ0v) is 11.5. The largest absolute Gasteiger partial charge is 0.268 e. The van der Waals surface area contributed by atoms with Crippen LogP contribution < -0.4 is 5.56 Å². The molecule has 0 aliphatic carbocycles. The number of para-hydroxylation sites is 1. The van der Waals surface area contributed by atoms with Gasteiger partial charge in [0.15, 0.2) is 0 Å². The molecule has 0 saturated heterocycles. The van der Waals surface area contributed by atoms with Crippen molar-refractivity contribution >= 4 is 21.7 Å². The lowest BCUT2D eigenvalue weighted by molar-refractivity contribution is 0.638. The molecule has 3 nitrogen and oxygen atoms in total. The van der Waals surface area contributed by atoms with E-state index in [9.17, 15) is 9.18 Å². The van der Waals surface area contributed by atoms with Gasteiger partial charge in [0.1, 0.15) is 11.6 Å². The Kier molecular flexibility index (Phi) is 2.76. The van der Waals surface area contributed by atoms with Gasteiger partial charge in [0, 0.05) is 11.6 Å². The zero-order valence-electron chi connectivity index (χ0n) is 11.5. The molecule has 0 aliphatic rings. The first kappa shape index (κ1) is 12.7. The van der Waals surface area contributed by atoms with Gasteiger partial charge in [0.05, 0.1) is 10.9 Å². The van der Waals surface area contributed by atoms with Gasteiger partial charge in [-0.25, -0.2) is 9.37 Å². The second-order valence-electron chi connectivity index (χ2n) is 5.01. The maximum absolute atomic E-state index is 14.2. The van der Waals surface area contributed by atoms with Crippen molar-refractivity contribution in [2.45, 2.75) is 0 Å². The van der Waals surface area contributed by atoms with Crippen LogP contribution in [-0.2, 0) is 0 Å². The van der Waals surface area contributed by atoms with Crippen LogP contribution in [0.2, 0.25) is 0 Å². The van der Waals surface area contributed by atoms with Crippen LogP contribution >= 0.6 is 0 Å². The second kappa shape index (κ2) is 4.77.